The van der Waals surface area contributed by atoms with Gasteiger partial charge in [0.2, 0.25) is 0 Å². The van der Waals surface area contributed by atoms with Crippen LogP contribution >= 0.6 is 0 Å². The molecule has 0 saturated carbocycles. The van der Waals surface area contributed by atoms with Crippen LogP contribution in [-0.2, 0) is 9.53 Å². The molecular formula is C10H11F2NO3. The molecule has 88 valence electrons. The predicted molar refractivity (Wildman–Crippen MR) is 51.6 cm³/mol. The molecule has 1 aromatic carbocycles. The number of hydrogen-bond acceptors (Lipinski definition) is 4. The third-order valence-electron chi connectivity index (χ3n) is 2.06. The zero-order valence-electron chi connectivity index (χ0n) is 8.54. The number of hydrogen-bond donors (Lipinski definition) is 2. The van der Waals surface area contributed by atoms with Crippen molar-refractivity contribution in [1.82, 2.24) is 0 Å². The van der Waals surface area contributed by atoms with Gasteiger partial charge in [0, 0.05) is 23.7 Å². The molecule has 0 amide bonds. The minimum absolute atomic E-state index is 0.299. The van der Waals surface area contributed by atoms with Crippen LogP contribution in [0, 0.1) is 11.6 Å². The molecule has 0 aromatic heterocycles. The number of methoxy groups -OCH3 is 1. The number of nitrogens with two attached hydrogens (primary N) is 1. The minimum atomic E-state index is -1.08. The molecule has 1 rings (SSSR count). The van der Waals surface area contributed by atoms with Gasteiger partial charge in [-0.05, 0) is 0 Å². The molecule has 0 spiro atoms. The average molecular weight is 231 g/mol. The van der Waals surface area contributed by atoms with E-state index in [2.05, 4.69) is 4.74 Å². The molecule has 0 bridgehead atoms. The first kappa shape index (κ1) is 12.4. The summed E-state index contributed by atoms with van der Waals surface area (Å²) in [5.41, 5.74) is 5.20. The van der Waals surface area contributed by atoms with E-state index in [0.717, 1.165) is 13.2 Å². The van der Waals surface area contributed by atoms with E-state index in [9.17, 15) is 18.7 Å². The summed E-state index contributed by atoms with van der Waals surface area (Å²) in [6.07, 6.45) is -0.299. The first-order valence-electron chi connectivity index (χ1n) is 4.46. The molecule has 16 heavy (non-hydrogen) atoms. The minimum Gasteiger partial charge on any atom is -0.507 e. The van der Waals surface area contributed by atoms with Crippen molar-refractivity contribution in [3.05, 3.63) is 29.3 Å². The van der Waals surface area contributed by atoms with Gasteiger partial charge in [0.15, 0.2) is 0 Å². The van der Waals surface area contributed by atoms with E-state index in [1.54, 1.807) is 0 Å². The van der Waals surface area contributed by atoms with Crippen molar-refractivity contribution in [3.63, 3.8) is 0 Å². The Balaban J connectivity index is 2.99. The number of esters is 1. The van der Waals surface area contributed by atoms with E-state index in [1.807, 2.05) is 0 Å². The van der Waals surface area contributed by atoms with Crippen LogP contribution in [0.25, 0.3) is 0 Å². The summed E-state index contributed by atoms with van der Waals surface area (Å²) in [7, 11) is 1.16. The van der Waals surface area contributed by atoms with Gasteiger partial charge in [0.25, 0.3) is 0 Å². The van der Waals surface area contributed by atoms with Gasteiger partial charge in [0.05, 0.1) is 13.5 Å². The Morgan fingerprint density at radius 3 is 2.69 bits per heavy atom. The maximum atomic E-state index is 13.3. The summed E-state index contributed by atoms with van der Waals surface area (Å²) in [4.78, 5) is 10.9. The molecule has 0 aliphatic rings. The van der Waals surface area contributed by atoms with Gasteiger partial charge in [-0.3, -0.25) is 4.79 Å². The second kappa shape index (κ2) is 4.89. The molecule has 0 heterocycles. The topological polar surface area (TPSA) is 72.5 Å². The third kappa shape index (κ3) is 2.66. The van der Waals surface area contributed by atoms with E-state index in [4.69, 9.17) is 5.73 Å². The van der Waals surface area contributed by atoms with Crippen molar-refractivity contribution in [2.45, 2.75) is 12.5 Å². The van der Waals surface area contributed by atoms with Crippen molar-refractivity contribution < 1.29 is 23.4 Å². The Morgan fingerprint density at radius 1 is 1.56 bits per heavy atom. The summed E-state index contributed by atoms with van der Waals surface area (Å²) in [6.45, 7) is 0. The Labute approximate surface area is 90.6 Å². The summed E-state index contributed by atoms with van der Waals surface area (Å²) in [6, 6.07) is 0.245. The Hall–Kier alpha value is -1.69. The molecular weight excluding hydrogens is 220 g/mol. The second-order valence-electron chi connectivity index (χ2n) is 3.21. The standard InChI is InChI=1S/C10H11F2NO3/c1-16-9(15)4-7(13)10-6(12)2-5(11)3-8(10)14/h2-3,7,14H,4,13H2,1H3/t7-/m0/s1. The number of halogens is 2. The molecule has 0 fully saturated rings. The lowest BCUT2D eigenvalue weighted by atomic mass is 10.0. The van der Waals surface area contributed by atoms with Crippen molar-refractivity contribution in [1.29, 1.82) is 0 Å². The number of rotatable bonds is 3. The number of carbonyl (C=O) groups is 1. The fourth-order valence-corrected chi connectivity index (χ4v) is 1.30. The van der Waals surface area contributed by atoms with Gasteiger partial charge >= 0.3 is 5.97 Å². The lowest BCUT2D eigenvalue weighted by molar-refractivity contribution is -0.141. The summed E-state index contributed by atoms with van der Waals surface area (Å²) < 4.78 is 30.3. The quantitative estimate of drug-likeness (QED) is 0.767. The first-order chi connectivity index (χ1) is 7.45. The molecule has 1 aromatic rings. The van der Waals surface area contributed by atoms with Crippen LogP contribution in [0.15, 0.2) is 12.1 Å². The van der Waals surface area contributed by atoms with Crippen molar-refractivity contribution in [2.24, 2.45) is 5.73 Å². The van der Waals surface area contributed by atoms with Crippen LogP contribution < -0.4 is 5.73 Å². The lowest BCUT2D eigenvalue weighted by Gasteiger charge is -2.13. The molecule has 6 heteroatoms. The molecule has 4 nitrogen and oxygen atoms in total. The number of aromatic hydroxyl groups is 1. The van der Waals surface area contributed by atoms with Crippen LogP contribution in [0.2, 0.25) is 0 Å². The maximum Gasteiger partial charge on any atom is 0.307 e. The van der Waals surface area contributed by atoms with Crippen LogP contribution in [0.5, 0.6) is 5.75 Å². The highest BCUT2D eigenvalue weighted by Gasteiger charge is 2.20. The van der Waals surface area contributed by atoms with E-state index in [-0.39, 0.29) is 12.0 Å². The fraction of sp³-hybridized carbons (Fsp3) is 0.300. The summed E-state index contributed by atoms with van der Waals surface area (Å²) in [5.74, 6) is -3.16. The van der Waals surface area contributed by atoms with Gasteiger partial charge in [0.1, 0.15) is 17.4 Å². The van der Waals surface area contributed by atoms with Crippen molar-refractivity contribution >= 4 is 5.97 Å². The number of benzene rings is 1. The van der Waals surface area contributed by atoms with E-state index < -0.39 is 29.4 Å². The predicted octanol–water partition coefficient (Wildman–Crippen LogP) is 1.23. The van der Waals surface area contributed by atoms with Gasteiger partial charge < -0.3 is 15.6 Å². The van der Waals surface area contributed by atoms with Gasteiger partial charge in [-0.2, -0.15) is 0 Å². The molecule has 0 radical (unpaired) electrons. The zero-order chi connectivity index (χ0) is 12.3. The number of ether oxygens (including phenoxy) is 1. The monoisotopic (exact) mass is 231 g/mol. The number of phenols is 1. The number of phenolic OH excluding ortho intramolecular Hbond substituents is 1. The second-order valence-corrected chi connectivity index (χ2v) is 3.21. The van der Waals surface area contributed by atoms with Crippen LogP contribution in [0.1, 0.15) is 18.0 Å². The first-order valence-corrected chi connectivity index (χ1v) is 4.46. The summed E-state index contributed by atoms with van der Waals surface area (Å²) >= 11 is 0. The normalized spacial score (nSPS) is 12.2. The Morgan fingerprint density at radius 2 is 2.19 bits per heavy atom. The van der Waals surface area contributed by atoms with E-state index in [1.165, 1.54) is 0 Å². The van der Waals surface area contributed by atoms with Crippen molar-refractivity contribution in [3.8, 4) is 5.75 Å². The van der Waals surface area contributed by atoms with Gasteiger partial charge in [-0.15, -0.1) is 0 Å². The molecule has 0 saturated heterocycles. The molecule has 3 N–H and O–H groups in total. The van der Waals surface area contributed by atoms with Crippen LogP contribution in [0.3, 0.4) is 0 Å². The third-order valence-corrected chi connectivity index (χ3v) is 2.06. The van der Waals surface area contributed by atoms with Crippen LogP contribution in [-0.4, -0.2) is 18.2 Å². The molecule has 0 aliphatic carbocycles. The SMILES string of the molecule is COC(=O)C[C@H](N)c1c(O)cc(F)cc1F. The molecule has 1 atom stereocenters. The Bertz CT molecular complexity index is 386. The van der Waals surface area contributed by atoms with Gasteiger partial charge in [-0.1, -0.05) is 0 Å². The van der Waals surface area contributed by atoms with E-state index >= 15 is 0 Å². The summed E-state index contributed by atoms with van der Waals surface area (Å²) in [5, 5.41) is 9.32. The largest absolute Gasteiger partial charge is 0.507 e. The highest BCUT2D eigenvalue weighted by atomic mass is 19.1. The molecule has 0 aliphatic heterocycles. The highest BCUT2D eigenvalue weighted by molar-refractivity contribution is 5.70. The zero-order valence-corrected chi connectivity index (χ0v) is 8.54. The van der Waals surface area contributed by atoms with Crippen molar-refractivity contribution in [2.75, 3.05) is 7.11 Å². The maximum absolute atomic E-state index is 13.3. The molecule has 0 unspecified atom stereocenters. The lowest BCUT2D eigenvalue weighted by Crippen LogP contribution is -2.18. The highest BCUT2D eigenvalue weighted by Crippen LogP contribution is 2.28. The average Bonchev–Trinajstić information content (AvgIpc) is 2.15. The Kier molecular flexibility index (Phi) is 3.78. The van der Waals surface area contributed by atoms with Crippen LogP contribution in [0.4, 0.5) is 8.78 Å². The fourth-order valence-electron chi connectivity index (χ4n) is 1.30. The van der Waals surface area contributed by atoms with Gasteiger partial charge in [-0.25, -0.2) is 8.78 Å². The van der Waals surface area contributed by atoms with E-state index in [0.29, 0.717) is 6.07 Å². The number of carbonyl (C=O) groups excluding carboxylic acids is 1. The smallest absolute Gasteiger partial charge is 0.307 e.